The minimum Gasteiger partial charge on any atom is -0.316 e. The molecule has 0 aliphatic carbocycles. The molecule has 0 spiro atoms. The summed E-state index contributed by atoms with van der Waals surface area (Å²) in [4.78, 5) is 0.0654. The monoisotopic (exact) mass is 324 g/mol. The van der Waals surface area contributed by atoms with Crippen LogP contribution in [0.2, 0.25) is 10.0 Å². The summed E-state index contributed by atoms with van der Waals surface area (Å²) in [5.74, 6) is 0. The van der Waals surface area contributed by atoms with Crippen LogP contribution in [0.15, 0.2) is 17.0 Å². The molecule has 7 heteroatoms. The number of hydrogen-bond donors (Lipinski definition) is 1. The van der Waals surface area contributed by atoms with Crippen LogP contribution in [0.4, 0.5) is 0 Å². The van der Waals surface area contributed by atoms with Crippen molar-refractivity contribution >= 4 is 33.2 Å². The highest BCUT2D eigenvalue weighted by Crippen LogP contribution is 2.31. The summed E-state index contributed by atoms with van der Waals surface area (Å²) in [5, 5.41) is 3.53. The average molecular weight is 325 g/mol. The Labute approximate surface area is 124 Å². The summed E-state index contributed by atoms with van der Waals surface area (Å²) in [6.45, 7) is 4.81. The van der Waals surface area contributed by atoms with Gasteiger partial charge in [-0.3, -0.25) is 0 Å². The van der Waals surface area contributed by atoms with Crippen LogP contribution in [0.1, 0.15) is 19.4 Å². The lowest BCUT2D eigenvalue weighted by atomic mass is 10.2. The second-order valence-corrected chi connectivity index (χ2v) is 6.72. The lowest BCUT2D eigenvalue weighted by molar-refractivity contribution is 0.445. The Morgan fingerprint density at radius 2 is 1.79 bits per heavy atom. The third kappa shape index (κ3) is 3.61. The van der Waals surface area contributed by atoms with E-state index in [1.54, 1.807) is 27.0 Å². The summed E-state index contributed by atoms with van der Waals surface area (Å²) in [5.41, 5.74) is 0.669. The third-order valence-electron chi connectivity index (χ3n) is 2.77. The van der Waals surface area contributed by atoms with Crippen LogP contribution in [-0.2, 0) is 16.6 Å². The summed E-state index contributed by atoms with van der Waals surface area (Å²) in [7, 11) is -1.85. The molecule has 0 saturated heterocycles. The quantitative estimate of drug-likeness (QED) is 0.875. The van der Waals surface area contributed by atoms with Crippen LogP contribution in [0.3, 0.4) is 0 Å². The Bertz CT molecular complexity index is 543. The highest BCUT2D eigenvalue weighted by atomic mass is 35.5. The number of halogens is 2. The molecule has 1 aromatic rings. The predicted molar refractivity (Wildman–Crippen MR) is 79.3 cm³/mol. The van der Waals surface area contributed by atoms with E-state index in [9.17, 15) is 8.42 Å². The fourth-order valence-corrected chi connectivity index (χ4v) is 4.19. The zero-order chi connectivity index (χ0) is 14.6. The molecular formula is C12H18Cl2N2O2S. The Morgan fingerprint density at radius 1 is 1.21 bits per heavy atom. The summed E-state index contributed by atoms with van der Waals surface area (Å²) >= 11 is 12.2. The Kier molecular flexibility index (Phi) is 6.08. The summed E-state index contributed by atoms with van der Waals surface area (Å²) < 4.78 is 26.3. The van der Waals surface area contributed by atoms with Crippen molar-refractivity contribution in [1.82, 2.24) is 9.62 Å². The molecule has 0 bridgehead atoms. The Balaban J connectivity index is 3.42. The van der Waals surface area contributed by atoms with Gasteiger partial charge in [0.05, 0.1) is 5.02 Å². The van der Waals surface area contributed by atoms with Gasteiger partial charge in [0.15, 0.2) is 0 Å². The van der Waals surface area contributed by atoms with E-state index in [1.807, 2.05) is 0 Å². The van der Waals surface area contributed by atoms with Crippen molar-refractivity contribution in [1.29, 1.82) is 0 Å². The van der Waals surface area contributed by atoms with Gasteiger partial charge in [0.25, 0.3) is 0 Å². The van der Waals surface area contributed by atoms with Gasteiger partial charge in [0.1, 0.15) is 4.90 Å². The molecule has 0 aliphatic rings. The molecule has 0 atom stereocenters. The van der Waals surface area contributed by atoms with E-state index >= 15 is 0 Å². The zero-order valence-corrected chi connectivity index (χ0v) is 13.5. The highest BCUT2D eigenvalue weighted by molar-refractivity contribution is 7.89. The van der Waals surface area contributed by atoms with Crippen LogP contribution in [0.5, 0.6) is 0 Å². The van der Waals surface area contributed by atoms with Crippen molar-refractivity contribution in [3.63, 3.8) is 0 Å². The first-order valence-electron chi connectivity index (χ1n) is 6.01. The van der Waals surface area contributed by atoms with E-state index < -0.39 is 10.0 Å². The molecule has 19 heavy (non-hydrogen) atoms. The van der Waals surface area contributed by atoms with Gasteiger partial charge in [-0.25, -0.2) is 8.42 Å². The van der Waals surface area contributed by atoms with Crippen LogP contribution in [0, 0.1) is 0 Å². The first-order chi connectivity index (χ1) is 8.88. The molecule has 0 aliphatic heterocycles. The van der Waals surface area contributed by atoms with E-state index in [-0.39, 0.29) is 9.92 Å². The topological polar surface area (TPSA) is 49.4 Å². The van der Waals surface area contributed by atoms with Crippen molar-refractivity contribution < 1.29 is 8.42 Å². The maximum absolute atomic E-state index is 12.5. The van der Waals surface area contributed by atoms with Gasteiger partial charge in [-0.15, -0.1) is 0 Å². The Hall–Kier alpha value is -0.330. The molecule has 1 rings (SSSR count). The van der Waals surface area contributed by atoms with E-state index in [0.29, 0.717) is 30.2 Å². The lowest BCUT2D eigenvalue weighted by Gasteiger charge is -2.20. The van der Waals surface area contributed by atoms with E-state index in [4.69, 9.17) is 23.2 Å². The van der Waals surface area contributed by atoms with Gasteiger partial charge < -0.3 is 5.32 Å². The van der Waals surface area contributed by atoms with Crippen molar-refractivity contribution in [3.8, 4) is 0 Å². The fraction of sp³-hybridized carbons (Fsp3) is 0.500. The van der Waals surface area contributed by atoms with Gasteiger partial charge in [-0.1, -0.05) is 37.0 Å². The maximum atomic E-state index is 12.5. The minimum atomic E-state index is -3.61. The van der Waals surface area contributed by atoms with Crippen molar-refractivity contribution in [2.45, 2.75) is 25.3 Å². The maximum Gasteiger partial charge on any atom is 0.244 e. The fourth-order valence-electron chi connectivity index (χ4n) is 1.83. The number of nitrogens with one attached hydrogen (secondary N) is 1. The second kappa shape index (κ2) is 6.90. The molecule has 0 heterocycles. The van der Waals surface area contributed by atoms with E-state index in [1.165, 1.54) is 10.4 Å². The molecule has 0 saturated carbocycles. The largest absolute Gasteiger partial charge is 0.316 e. The molecule has 0 fully saturated rings. The lowest BCUT2D eigenvalue weighted by Crippen LogP contribution is -2.31. The Morgan fingerprint density at radius 3 is 2.26 bits per heavy atom. The van der Waals surface area contributed by atoms with Crippen LogP contribution in [-0.4, -0.2) is 32.9 Å². The molecule has 0 amide bonds. The molecule has 0 aromatic heterocycles. The number of rotatable bonds is 6. The SMILES string of the molecule is CCN(CC)S(=O)(=O)c1cc(Cl)cc(CNC)c1Cl. The first kappa shape index (κ1) is 16.7. The van der Waals surface area contributed by atoms with Crippen LogP contribution in [0.25, 0.3) is 0 Å². The minimum absolute atomic E-state index is 0.0654. The van der Waals surface area contributed by atoms with Gasteiger partial charge in [0, 0.05) is 24.7 Å². The normalized spacial score (nSPS) is 12.1. The highest BCUT2D eigenvalue weighted by Gasteiger charge is 2.26. The van der Waals surface area contributed by atoms with Crippen LogP contribution >= 0.6 is 23.2 Å². The smallest absolute Gasteiger partial charge is 0.244 e. The average Bonchev–Trinajstić information content (AvgIpc) is 2.34. The standard InChI is InChI=1S/C12H18Cl2N2O2S/c1-4-16(5-2)19(17,18)11-7-10(13)6-9(8-15-3)12(11)14/h6-7,15H,4-5,8H2,1-3H3. The number of nitrogens with zero attached hydrogens (tertiary/aromatic N) is 1. The molecule has 1 aromatic carbocycles. The van der Waals surface area contributed by atoms with Gasteiger partial charge in [-0.2, -0.15) is 4.31 Å². The van der Waals surface area contributed by atoms with Crippen LogP contribution < -0.4 is 5.32 Å². The molecular weight excluding hydrogens is 307 g/mol. The third-order valence-corrected chi connectivity index (χ3v) is 5.62. The van der Waals surface area contributed by atoms with E-state index in [0.717, 1.165) is 0 Å². The van der Waals surface area contributed by atoms with Crippen molar-refractivity contribution in [2.24, 2.45) is 0 Å². The molecule has 4 nitrogen and oxygen atoms in total. The number of benzene rings is 1. The molecule has 0 unspecified atom stereocenters. The zero-order valence-electron chi connectivity index (χ0n) is 11.2. The van der Waals surface area contributed by atoms with Crippen molar-refractivity contribution in [2.75, 3.05) is 20.1 Å². The van der Waals surface area contributed by atoms with Gasteiger partial charge >= 0.3 is 0 Å². The second-order valence-electron chi connectivity index (χ2n) is 4.00. The van der Waals surface area contributed by atoms with Crippen molar-refractivity contribution in [3.05, 3.63) is 27.7 Å². The van der Waals surface area contributed by atoms with Gasteiger partial charge in [-0.05, 0) is 24.7 Å². The predicted octanol–water partition coefficient (Wildman–Crippen LogP) is 2.74. The summed E-state index contributed by atoms with van der Waals surface area (Å²) in [6, 6.07) is 3.07. The molecule has 0 radical (unpaired) electrons. The summed E-state index contributed by atoms with van der Waals surface area (Å²) in [6.07, 6.45) is 0. The molecule has 108 valence electrons. The number of sulfonamides is 1. The first-order valence-corrected chi connectivity index (χ1v) is 8.20. The van der Waals surface area contributed by atoms with Gasteiger partial charge in [0.2, 0.25) is 10.0 Å². The van der Waals surface area contributed by atoms with E-state index in [2.05, 4.69) is 5.32 Å². The molecule has 1 N–H and O–H groups in total. The number of hydrogen-bond acceptors (Lipinski definition) is 3.